The van der Waals surface area contributed by atoms with Gasteiger partial charge in [0.05, 0.1) is 5.57 Å². The van der Waals surface area contributed by atoms with Crippen molar-refractivity contribution < 1.29 is 0 Å². The molecule has 2 rings (SSSR count). The first-order chi connectivity index (χ1) is 7.40. The highest BCUT2D eigenvalue weighted by Crippen LogP contribution is 2.21. The van der Waals surface area contributed by atoms with Gasteiger partial charge in [0.2, 0.25) is 0 Å². The third kappa shape index (κ3) is 2.34. The molecule has 0 radical (unpaired) electrons. The van der Waals surface area contributed by atoms with Crippen molar-refractivity contribution in [3.05, 3.63) is 58.3 Å². The van der Waals surface area contributed by atoms with E-state index in [4.69, 9.17) is 5.26 Å². The lowest BCUT2D eigenvalue weighted by Gasteiger charge is -1.94. The number of nitriles is 1. The van der Waals surface area contributed by atoms with Crippen LogP contribution >= 0.6 is 11.3 Å². The maximum absolute atomic E-state index is 9.05. The van der Waals surface area contributed by atoms with Gasteiger partial charge in [-0.3, -0.25) is 0 Å². The van der Waals surface area contributed by atoms with E-state index < -0.39 is 0 Å². The summed E-state index contributed by atoms with van der Waals surface area (Å²) in [6, 6.07) is 16.0. The standard InChI is InChI=1S/C13H9NS/c14-10-12(13-7-4-8-15-13)9-11-5-2-1-3-6-11/h1-9H/b12-9-. The minimum absolute atomic E-state index is 0.719. The second kappa shape index (κ2) is 4.59. The molecule has 72 valence electrons. The van der Waals surface area contributed by atoms with Gasteiger partial charge in [0, 0.05) is 4.88 Å². The van der Waals surface area contributed by atoms with Crippen LogP contribution in [0.5, 0.6) is 0 Å². The zero-order valence-electron chi connectivity index (χ0n) is 8.05. The Hall–Kier alpha value is -1.85. The molecule has 1 aromatic carbocycles. The molecule has 0 fully saturated rings. The van der Waals surface area contributed by atoms with Gasteiger partial charge in [-0.25, -0.2) is 0 Å². The molecular weight excluding hydrogens is 202 g/mol. The predicted molar refractivity (Wildman–Crippen MR) is 64.2 cm³/mol. The zero-order valence-corrected chi connectivity index (χ0v) is 8.87. The number of allylic oxidation sites excluding steroid dienone is 1. The van der Waals surface area contributed by atoms with E-state index in [0.717, 1.165) is 16.0 Å². The molecule has 15 heavy (non-hydrogen) atoms. The molecule has 1 heterocycles. The van der Waals surface area contributed by atoms with E-state index in [1.54, 1.807) is 11.3 Å². The predicted octanol–water partition coefficient (Wildman–Crippen LogP) is 3.81. The lowest BCUT2D eigenvalue weighted by molar-refractivity contribution is 1.54. The quantitative estimate of drug-likeness (QED) is 0.693. The SMILES string of the molecule is N#C/C(=C/c1ccccc1)c1cccs1. The molecule has 0 saturated carbocycles. The fraction of sp³-hybridized carbons (Fsp3) is 0. The normalized spacial score (nSPS) is 11.0. The third-order valence-corrected chi connectivity index (χ3v) is 2.92. The molecule has 0 aliphatic carbocycles. The Morgan fingerprint density at radius 1 is 1.13 bits per heavy atom. The fourth-order valence-electron chi connectivity index (χ4n) is 1.31. The Morgan fingerprint density at radius 3 is 2.53 bits per heavy atom. The largest absolute Gasteiger partial charge is 0.192 e. The van der Waals surface area contributed by atoms with Crippen LogP contribution in [0.15, 0.2) is 47.8 Å². The van der Waals surface area contributed by atoms with Crippen molar-refractivity contribution in [1.82, 2.24) is 0 Å². The lowest BCUT2D eigenvalue weighted by atomic mass is 10.1. The van der Waals surface area contributed by atoms with Crippen molar-refractivity contribution in [2.45, 2.75) is 0 Å². The molecule has 0 aliphatic heterocycles. The maximum Gasteiger partial charge on any atom is 0.101 e. The van der Waals surface area contributed by atoms with Crippen LogP contribution in [0.2, 0.25) is 0 Å². The zero-order chi connectivity index (χ0) is 10.5. The number of rotatable bonds is 2. The molecule has 0 amide bonds. The summed E-state index contributed by atoms with van der Waals surface area (Å²) in [4.78, 5) is 1.02. The van der Waals surface area contributed by atoms with Crippen LogP contribution in [0.25, 0.3) is 11.6 Å². The monoisotopic (exact) mass is 211 g/mol. The molecule has 2 aromatic rings. The summed E-state index contributed by atoms with van der Waals surface area (Å²) in [5.41, 5.74) is 1.78. The lowest BCUT2D eigenvalue weighted by Crippen LogP contribution is -1.76. The van der Waals surface area contributed by atoms with E-state index in [2.05, 4.69) is 6.07 Å². The van der Waals surface area contributed by atoms with Crippen molar-refractivity contribution in [3.63, 3.8) is 0 Å². The highest BCUT2D eigenvalue weighted by molar-refractivity contribution is 7.11. The first kappa shape index (κ1) is 9.70. The molecular formula is C13H9NS. The Labute approximate surface area is 92.9 Å². The smallest absolute Gasteiger partial charge is 0.101 e. The molecule has 1 nitrogen and oxygen atoms in total. The van der Waals surface area contributed by atoms with E-state index in [9.17, 15) is 0 Å². The number of nitrogens with zero attached hydrogens (tertiary/aromatic N) is 1. The van der Waals surface area contributed by atoms with Gasteiger partial charge in [0.1, 0.15) is 6.07 Å². The number of hydrogen-bond donors (Lipinski definition) is 0. The van der Waals surface area contributed by atoms with Crippen LogP contribution in [-0.4, -0.2) is 0 Å². The molecule has 0 bridgehead atoms. The fourth-order valence-corrected chi connectivity index (χ4v) is 2.00. The van der Waals surface area contributed by atoms with E-state index in [0.29, 0.717) is 0 Å². The number of hydrogen-bond acceptors (Lipinski definition) is 2. The van der Waals surface area contributed by atoms with Crippen molar-refractivity contribution in [2.24, 2.45) is 0 Å². The van der Waals surface area contributed by atoms with Crippen LogP contribution in [0.1, 0.15) is 10.4 Å². The molecule has 0 saturated heterocycles. The molecule has 0 atom stereocenters. The number of thiophene rings is 1. The van der Waals surface area contributed by atoms with Gasteiger partial charge in [-0.15, -0.1) is 11.3 Å². The minimum atomic E-state index is 0.719. The van der Waals surface area contributed by atoms with Crippen LogP contribution in [0.4, 0.5) is 0 Å². The molecule has 1 aromatic heterocycles. The average Bonchev–Trinajstić information content (AvgIpc) is 2.81. The summed E-state index contributed by atoms with van der Waals surface area (Å²) in [6.45, 7) is 0. The Bertz CT molecular complexity index is 489. The molecule has 0 aliphatic rings. The topological polar surface area (TPSA) is 23.8 Å². The van der Waals surface area contributed by atoms with Crippen molar-refractivity contribution in [1.29, 1.82) is 5.26 Å². The molecule has 0 N–H and O–H groups in total. The van der Waals surface area contributed by atoms with Crippen LogP contribution in [0.3, 0.4) is 0 Å². The van der Waals surface area contributed by atoms with Gasteiger partial charge in [-0.05, 0) is 23.1 Å². The van der Waals surface area contributed by atoms with Gasteiger partial charge in [0.15, 0.2) is 0 Å². The van der Waals surface area contributed by atoms with Gasteiger partial charge in [-0.1, -0.05) is 36.4 Å². The highest BCUT2D eigenvalue weighted by atomic mass is 32.1. The Balaban J connectivity index is 2.37. The number of benzene rings is 1. The summed E-state index contributed by atoms with van der Waals surface area (Å²) in [7, 11) is 0. The summed E-state index contributed by atoms with van der Waals surface area (Å²) in [5.74, 6) is 0. The molecule has 2 heteroatoms. The summed E-state index contributed by atoms with van der Waals surface area (Å²) in [5, 5.41) is 11.0. The van der Waals surface area contributed by atoms with Gasteiger partial charge in [0.25, 0.3) is 0 Å². The van der Waals surface area contributed by atoms with E-state index in [1.807, 2.05) is 53.9 Å². The van der Waals surface area contributed by atoms with Gasteiger partial charge in [-0.2, -0.15) is 5.26 Å². The minimum Gasteiger partial charge on any atom is -0.192 e. The second-order valence-electron chi connectivity index (χ2n) is 3.06. The summed E-state index contributed by atoms with van der Waals surface area (Å²) in [6.07, 6.45) is 1.91. The highest BCUT2D eigenvalue weighted by Gasteiger charge is 2.00. The second-order valence-corrected chi connectivity index (χ2v) is 4.01. The average molecular weight is 211 g/mol. The first-order valence-electron chi connectivity index (χ1n) is 4.61. The van der Waals surface area contributed by atoms with Crippen molar-refractivity contribution in [3.8, 4) is 6.07 Å². The van der Waals surface area contributed by atoms with Crippen LogP contribution < -0.4 is 0 Å². The summed E-state index contributed by atoms with van der Waals surface area (Å²) >= 11 is 1.58. The Morgan fingerprint density at radius 2 is 1.93 bits per heavy atom. The van der Waals surface area contributed by atoms with Crippen molar-refractivity contribution >= 4 is 23.0 Å². The van der Waals surface area contributed by atoms with Gasteiger partial charge < -0.3 is 0 Å². The summed E-state index contributed by atoms with van der Waals surface area (Å²) < 4.78 is 0. The van der Waals surface area contributed by atoms with Gasteiger partial charge >= 0.3 is 0 Å². The van der Waals surface area contributed by atoms with E-state index >= 15 is 0 Å². The third-order valence-electron chi connectivity index (χ3n) is 2.02. The van der Waals surface area contributed by atoms with E-state index in [1.165, 1.54) is 0 Å². The maximum atomic E-state index is 9.05. The van der Waals surface area contributed by atoms with Crippen LogP contribution in [0, 0.1) is 11.3 Å². The van der Waals surface area contributed by atoms with E-state index in [-0.39, 0.29) is 0 Å². The molecule has 0 unspecified atom stereocenters. The van der Waals surface area contributed by atoms with Crippen LogP contribution in [-0.2, 0) is 0 Å². The Kier molecular flexibility index (Phi) is 2.96. The van der Waals surface area contributed by atoms with Crippen molar-refractivity contribution in [2.75, 3.05) is 0 Å². The molecule has 0 spiro atoms. The first-order valence-corrected chi connectivity index (χ1v) is 5.49.